The van der Waals surface area contributed by atoms with Crippen molar-refractivity contribution in [2.24, 2.45) is 0 Å². The molecule has 0 spiro atoms. The van der Waals surface area contributed by atoms with E-state index in [4.69, 9.17) is 0 Å². The summed E-state index contributed by atoms with van der Waals surface area (Å²) in [5, 5.41) is 4.96. The van der Waals surface area contributed by atoms with Crippen molar-refractivity contribution in [3.8, 4) is 0 Å². The summed E-state index contributed by atoms with van der Waals surface area (Å²) in [5.41, 5.74) is 0.611. The standard InChI is InChI=1S/C21H16F3N3O2S/c22-21(23,24)13-26-18(28)14-6-4-7-15(12-14)27-19(29)17-10-5-11-25-20(17)30-16-8-2-1-3-9-16/h1-12H,13H2,(H,26,28)(H,27,29). The van der Waals surface area contributed by atoms with Gasteiger partial charge in [-0.1, -0.05) is 36.0 Å². The van der Waals surface area contributed by atoms with Gasteiger partial charge in [0.25, 0.3) is 11.8 Å². The maximum absolute atomic E-state index is 12.7. The molecule has 9 heteroatoms. The van der Waals surface area contributed by atoms with Gasteiger partial charge in [-0.25, -0.2) is 4.98 Å². The van der Waals surface area contributed by atoms with Gasteiger partial charge >= 0.3 is 6.18 Å². The summed E-state index contributed by atoms with van der Waals surface area (Å²) in [4.78, 5) is 29.8. The number of benzene rings is 2. The number of hydrogen-bond donors (Lipinski definition) is 2. The van der Waals surface area contributed by atoms with Crippen molar-refractivity contribution in [2.75, 3.05) is 11.9 Å². The van der Waals surface area contributed by atoms with Crippen LogP contribution in [0.25, 0.3) is 0 Å². The maximum Gasteiger partial charge on any atom is 0.405 e. The van der Waals surface area contributed by atoms with Crippen LogP contribution >= 0.6 is 11.8 Å². The van der Waals surface area contributed by atoms with Crippen LogP contribution in [0.4, 0.5) is 18.9 Å². The molecule has 2 amide bonds. The fourth-order valence-electron chi connectivity index (χ4n) is 2.46. The Morgan fingerprint density at radius 3 is 2.43 bits per heavy atom. The van der Waals surface area contributed by atoms with Crippen molar-refractivity contribution in [2.45, 2.75) is 16.1 Å². The van der Waals surface area contributed by atoms with E-state index in [1.54, 1.807) is 29.7 Å². The second-order valence-electron chi connectivity index (χ2n) is 6.10. The molecule has 0 unspecified atom stereocenters. The van der Waals surface area contributed by atoms with E-state index in [0.29, 0.717) is 10.6 Å². The van der Waals surface area contributed by atoms with Crippen LogP contribution in [-0.4, -0.2) is 29.5 Å². The number of alkyl halides is 3. The highest BCUT2D eigenvalue weighted by atomic mass is 32.2. The van der Waals surface area contributed by atoms with Gasteiger partial charge in [0, 0.05) is 22.3 Å². The Balaban J connectivity index is 1.73. The molecule has 5 nitrogen and oxygen atoms in total. The van der Waals surface area contributed by atoms with Gasteiger partial charge in [-0.2, -0.15) is 13.2 Å². The second-order valence-corrected chi connectivity index (χ2v) is 7.17. The fraction of sp³-hybridized carbons (Fsp3) is 0.0952. The SMILES string of the molecule is O=C(NCC(F)(F)F)c1cccc(NC(=O)c2cccnc2Sc2ccccc2)c1. The third-order valence-electron chi connectivity index (χ3n) is 3.81. The molecule has 0 aliphatic carbocycles. The topological polar surface area (TPSA) is 71.1 Å². The molecular formula is C21H16F3N3O2S. The Bertz CT molecular complexity index is 1040. The summed E-state index contributed by atoms with van der Waals surface area (Å²) in [6, 6.07) is 18.4. The number of anilines is 1. The molecule has 3 aromatic rings. The first-order valence-electron chi connectivity index (χ1n) is 8.76. The van der Waals surface area contributed by atoms with Crippen molar-refractivity contribution >= 4 is 29.3 Å². The lowest BCUT2D eigenvalue weighted by Gasteiger charge is -2.11. The van der Waals surface area contributed by atoms with Crippen LogP contribution in [0.1, 0.15) is 20.7 Å². The first-order valence-corrected chi connectivity index (χ1v) is 9.58. The molecule has 2 N–H and O–H groups in total. The van der Waals surface area contributed by atoms with Gasteiger partial charge in [0.1, 0.15) is 11.6 Å². The lowest BCUT2D eigenvalue weighted by Crippen LogP contribution is -2.33. The molecule has 0 radical (unpaired) electrons. The number of halogens is 3. The number of rotatable bonds is 6. The van der Waals surface area contributed by atoms with Gasteiger partial charge < -0.3 is 10.6 Å². The number of carbonyl (C=O) groups excluding carboxylic acids is 2. The largest absolute Gasteiger partial charge is 0.405 e. The smallest absolute Gasteiger partial charge is 0.343 e. The fourth-order valence-corrected chi connectivity index (χ4v) is 3.37. The van der Waals surface area contributed by atoms with Gasteiger partial charge in [0.15, 0.2) is 0 Å². The van der Waals surface area contributed by atoms with Crippen LogP contribution in [0.3, 0.4) is 0 Å². The number of pyridine rings is 1. The zero-order valence-corrected chi connectivity index (χ0v) is 16.3. The van der Waals surface area contributed by atoms with E-state index in [1.807, 2.05) is 30.3 Å². The zero-order chi connectivity index (χ0) is 21.6. The highest BCUT2D eigenvalue weighted by molar-refractivity contribution is 7.99. The molecule has 0 aliphatic heterocycles. The molecule has 3 rings (SSSR count). The van der Waals surface area contributed by atoms with Crippen molar-refractivity contribution < 1.29 is 22.8 Å². The van der Waals surface area contributed by atoms with E-state index >= 15 is 0 Å². The number of nitrogens with zero attached hydrogens (tertiary/aromatic N) is 1. The van der Waals surface area contributed by atoms with Crippen LogP contribution in [-0.2, 0) is 0 Å². The Labute approximate surface area is 174 Å². The lowest BCUT2D eigenvalue weighted by molar-refractivity contribution is -0.123. The van der Waals surface area contributed by atoms with E-state index in [0.717, 1.165) is 4.90 Å². The maximum atomic E-state index is 12.7. The third-order valence-corrected chi connectivity index (χ3v) is 4.83. The molecule has 1 heterocycles. The number of amides is 2. The minimum Gasteiger partial charge on any atom is -0.343 e. The van der Waals surface area contributed by atoms with Crippen LogP contribution in [0.15, 0.2) is 82.8 Å². The Morgan fingerprint density at radius 1 is 0.933 bits per heavy atom. The van der Waals surface area contributed by atoms with Gasteiger partial charge in [-0.15, -0.1) is 0 Å². The van der Waals surface area contributed by atoms with Crippen molar-refractivity contribution in [3.63, 3.8) is 0 Å². The summed E-state index contributed by atoms with van der Waals surface area (Å²) in [5.74, 6) is -1.33. The van der Waals surface area contributed by atoms with Crippen molar-refractivity contribution in [1.82, 2.24) is 10.3 Å². The second kappa shape index (κ2) is 9.45. The van der Waals surface area contributed by atoms with E-state index in [1.165, 1.54) is 30.0 Å². The average Bonchev–Trinajstić information content (AvgIpc) is 2.73. The molecule has 30 heavy (non-hydrogen) atoms. The van der Waals surface area contributed by atoms with Crippen LogP contribution in [0, 0.1) is 0 Å². The zero-order valence-electron chi connectivity index (χ0n) is 15.4. The molecule has 0 saturated heterocycles. The average molecular weight is 431 g/mol. The minimum atomic E-state index is -4.51. The predicted octanol–water partition coefficient (Wildman–Crippen LogP) is 4.78. The molecule has 154 valence electrons. The van der Waals surface area contributed by atoms with Crippen LogP contribution < -0.4 is 10.6 Å². The van der Waals surface area contributed by atoms with Gasteiger partial charge in [0.05, 0.1) is 5.56 Å². The van der Waals surface area contributed by atoms with E-state index in [2.05, 4.69) is 10.3 Å². The molecule has 0 aliphatic rings. The third kappa shape index (κ3) is 6.08. The summed E-state index contributed by atoms with van der Waals surface area (Å²) >= 11 is 1.33. The summed E-state index contributed by atoms with van der Waals surface area (Å²) < 4.78 is 36.9. The number of aromatic nitrogens is 1. The Hall–Kier alpha value is -3.33. The minimum absolute atomic E-state index is 0.00196. The van der Waals surface area contributed by atoms with Crippen LogP contribution in [0.2, 0.25) is 0 Å². The Morgan fingerprint density at radius 2 is 1.70 bits per heavy atom. The van der Waals surface area contributed by atoms with Gasteiger partial charge in [0.2, 0.25) is 0 Å². The predicted molar refractivity (Wildman–Crippen MR) is 108 cm³/mol. The monoisotopic (exact) mass is 431 g/mol. The first kappa shape index (κ1) is 21.4. The van der Waals surface area contributed by atoms with Crippen molar-refractivity contribution in [3.05, 3.63) is 84.1 Å². The van der Waals surface area contributed by atoms with E-state index < -0.39 is 24.5 Å². The summed E-state index contributed by atoms with van der Waals surface area (Å²) in [6.07, 6.45) is -2.93. The highest BCUT2D eigenvalue weighted by Gasteiger charge is 2.28. The first-order chi connectivity index (χ1) is 14.3. The van der Waals surface area contributed by atoms with Gasteiger partial charge in [-0.3, -0.25) is 9.59 Å². The molecule has 0 saturated carbocycles. The quantitative estimate of drug-likeness (QED) is 0.590. The molecule has 0 atom stereocenters. The normalized spacial score (nSPS) is 11.0. The van der Waals surface area contributed by atoms with E-state index in [-0.39, 0.29) is 11.3 Å². The summed E-state index contributed by atoms with van der Waals surface area (Å²) in [6.45, 7) is -1.43. The Kier molecular flexibility index (Phi) is 6.73. The molecular weight excluding hydrogens is 415 g/mol. The molecule has 0 fully saturated rings. The number of nitrogens with one attached hydrogen (secondary N) is 2. The van der Waals surface area contributed by atoms with E-state index in [9.17, 15) is 22.8 Å². The van der Waals surface area contributed by atoms with Crippen molar-refractivity contribution in [1.29, 1.82) is 0 Å². The van der Waals surface area contributed by atoms with Gasteiger partial charge in [-0.05, 0) is 42.5 Å². The number of carbonyl (C=O) groups is 2. The lowest BCUT2D eigenvalue weighted by atomic mass is 10.1. The molecule has 2 aromatic carbocycles. The molecule has 1 aromatic heterocycles. The number of hydrogen-bond acceptors (Lipinski definition) is 4. The summed E-state index contributed by atoms with van der Waals surface area (Å²) in [7, 11) is 0. The highest BCUT2D eigenvalue weighted by Crippen LogP contribution is 2.28. The molecule has 0 bridgehead atoms. The van der Waals surface area contributed by atoms with Crippen LogP contribution in [0.5, 0.6) is 0 Å².